The molecule has 0 heterocycles. The smallest absolute Gasteiger partial charge is 0.293 e. The van der Waals surface area contributed by atoms with E-state index in [1.54, 1.807) is 0 Å². The fourth-order valence-electron chi connectivity index (χ4n) is 0.898. The van der Waals surface area contributed by atoms with Crippen LogP contribution >= 0.6 is 0 Å². The van der Waals surface area contributed by atoms with Gasteiger partial charge in [0.15, 0.2) is 0 Å². The quantitative estimate of drug-likeness (QED) is 0.576. The third kappa shape index (κ3) is 2.25. The van der Waals surface area contributed by atoms with Crippen LogP contribution in [0.4, 0.5) is 15.8 Å². The van der Waals surface area contributed by atoms with Gasteiger partial charge in [0.05, 0.1) is 4.92 Å². The Morgan fingerprint density at radius 1 is 1.71 bits per heavy atom. The molecule has 0 aromatic heterocycles. The molecule has 1 amide bonds. The first-order valence-corrected chi connectivity index (χ1v) is 3.64. The Morgan fingerprint density at radius 3 is 2.86 bits per heavy atom. The number of amides is 1. The van der Waals surface area contributed by atoms with Crippen molar-refractivity contribution in [3.05, 3.63) is 34.1 Å². The molecule has 0 fully saturated rings. The van der Waals surface area contributed by atoms with Crippen molar-refractivity contribution in [1.29, 1.82) is 0 Å². The maximum Gasteiger partial charge on any atom is 0.293 e. The van der Waals surface area contributed by atoms with Crippen LogP contribution in [-0.2, 0) is 4.79 Å². The first-order valence-electron chi connectivity index (χ1n) is 3.64. The molecule has 0 aliphatic rings. The predicted molar refractivity (Wildman–Crippen MR) is 46.2 cm³/mol. The molecule has 0 atom stereocenters. The van der Waals surface area contributed by atoms with E-state index < -0.39 is 16.6 Å². The molecule has 1 radical (unpaired) electrons. The summed E-state index contributed by atoms with van der Waals surface area (Å²) in [5.74, 6) is -1.27. The molecule has 1 aromatic rings. The molecule has 0 aliphatic heterocycles. The summed E-state index contributed by atoms with van der Waals surface area (Å²) in [6.07, 6.45) is 0. The average molecular weight is 197 g/mol. The minimum absolute atomic E-state index is 0.168. The van der Waals surface area contributed by atoms with Crippen LogP contribution in [0.1, 0.15) is 6.92 Å². The van der Waals surface area contributed by atoms with Gasteiger partial charge in [-0.25, -0.2) is 4.39 Å². The zero-order chi connectivity index (χ0) is 10.7. The van der Waals surface area contributed by atoms with Crippen LogP contribution < -0.4 is 5.32 Å². The number of hydrogen-bond donors (Lipinski definition) is 1. The lowest BCUT2D eigenvalue weighted by atomic mass is 10.2. The number of nitrogens with zero attached hydrogens (tertiary/aromatic N) is 1. The minimum Gasteiger partial charge on any atom is -0.321 e. The maximum atomic E-state index is 12.6. The van der Waals surface area contributed by atoms with Gasteiger partial charge in [0.1, 0.15) is 11.5 Å². The largest absolute Gasteiger partial charge is 0.321 e. The molecule has 1 N–H and O–H groups in total. The molecular weight excluding hydrogens is 191 g/mol. The number of benzene rings is 1. The number of halogens is 1. The molecule has 0 unspecified atom stereocenters. The van der Waals surface area contributed by atoms with Crippen molar-refractivity contribution in [3.8, 4) is 0 Å². The van der Waals surface area contributed by atoms with Gasteiger partial charge in [-0.05, 0) is 0 Å². The second-order valence-electron chi connectivity index (χ2n) is 2.52. The molecule has 0 saturated heterocycles. The van der Waals surface area contributed by atoms with Crippen molar-refractivity contribution < 1.29 is 14.1 Å². The molecule has 1 aromatic carbocycles. The zero-order valence-corrected chi connectivity index (χ0v) is 7.20. The van der Waals surface area contributed by atoms with Crippen molar-refractivity contribution in [3.63, 3.8) is 0 Å². The molecule has 1 rings (SSSR count). The number of anilines is 1. The fourth-order valence-corrected chi connectivity index (χ4v) is 0.898. The summed E-state index contributed by atoms with van der Waals surface area (Å²) in [6, 6.07) is 3.76. The summed E-state index contributed by atoms with van der Waals surface area (Å²) in [6.45, 7) is 1.18. The van der Waals surface area contributed by atoms with E-state index in [0.717, 1.165) is 12.1 Å². The third-order valence-electron chi connectivity index (χ3n) is 1.40. The van der Waals surface area contributed by atoms with Crippen LogP contribution in [0.5, 0.6) is 0 Å². The highest BCUT2D eigenvalue weighted by Gasteiger charge is 2.15. The van der Waals surface area contributed by atoms with E-state index >= 15 is 0 Å². The Labute approximate surface area is 78.7 Å². The van der Waals surface area contributed by atoms with Crippen molar-refractivity contribution in [2.45, 2.75) is 6.92 Å². The van der Waals surface area contributed by atoms with Crippen LogP contribution in [0, 0.1) is 22.0 Å². The summed E-state index contributed by atoms with van der Waals surface area (Å²) in [5.41, 5.74) is -0.555. The van der Waals surface area contributed by atoms with E-state index in [-0.39, 0.29) is 11.4 Å². The second-order valence-corrected chi connectivity index (χ2v) is 2.52. The van der Waals surface area contributed by atoms with Gasteiger partial charge in [0.25, 0.3) is 5.69 Å². The van der Waals surface area contributed by atoms with Crippen LogP contribution in [0.2, 0.25) is 0 Å². The van der Waals surface area contributed by atoms with E-state index in [1.807, 2.05) is 6.07 Å². The Hall–Kier alpha value is -1.98. The van der Waals surface area contributed by atoms with Crippen LogP contribution in [-0.4, -0.2) is 10.8 Å². The number of carbonyl (C=O) groups is 1. The van der Waals surface area contributed by atoms with Crippen LogP contribution in [0.25, 0.3) is 0 Å². The van der Waals surface area contributed by atoms with Gasteiger partial charge in [-0.15, -0.1) is 0 Å². The first-order chi connectivity index (χ1) is 6.50. The zero-order valence-electron chi connectivity index (χ0n) is 7.20. The van der Waals surface area contributed by atoms with Crippen molar-refractivity contribution >= 4 is 17.3 Å². The third-order valence-corrected chi connectivity index (χ3v) is 1.40. The fraction of sp³-hybridized carbons (Fsp3) is 0.125. The van der Waals surface area contributed by atoms with E-state index in [9.17, 15) is 19.3 Å². The van der Waals surface area contributed by atoms with Gasteiger partial charge in [0.2, 0.25) is 5.91 Å². The van der Waals surface area contributed by atoms with E-state index in [1.165, 1.54) is 6.92 Å². The van der Waals surface area contributed by atoms with Crippen LogP contribution in [0.15, 0.2) is 12.1 Å². The van der Waals surface area contributed by atoms with E-state index in [4.69, 9.17) is 0 Å². The highest BCUT2D eigenvalue weighted by molar-refractivity contribution is 5.91. The van der Waals surface area contributed by atoms with Crippen molar-refractivity contribution in [2.24, 2.45) is 0 Å². The molecule has 5 nitrogen and oxygen atoms in total. The van der Waals surface area contributed by atoms with Gasteiger partial charge >= 0.3 is 0 Å². The molecular formula is C8H6FN2O3. The molecule has 0 bridgehead atoms. The molecule has 14 heavy (non-hydrogen) atoms. The number of rotatable bonds is 2. The van der Waals surface area contributed by atoms with Gasteiger partial charge in [0, 0.05) is 25.1 Å². The SMILES string of the molecule is CC(=O)Nc1cc(F)[c]cc1[N+](=O)[O-]. The Balaban J connectivity index is 3.15. The lowest BCUT2D eigenvalue weighted by Gasteiger charge is -2.02. The van der Waals surface area contributed by atoms with Crippen molar-refractivity contribution in [1.82, 2.24) is 0 Å². The molecule has 0 saturated carbocycles. The summed E-state index contributed by atoms with van der Waals surface area (Å²) < 4.78 is 12.6. The standard InChI is InChI=1S/C8H6FN2O3/c1-5(12)10-7-4-6(9)2-3-8(7)11(13)14/h3-4H,1H3,(H,10,12). The number of carbonyl (C=O) groups excluding carboxylic acids is 1. The number of nitro groups is 1. The Kier molecular flexibility index (Phi) is 2.76. The average Bonchev–Trinajstić information content (AvgIpc) is 2.01. The molecule has 0 aliphatic carbocycles. The predicted octanol–water partition coefficient (Wildman–Crippen LogP) is 1.49. The Morgan fingerprint density at radius 2 is 2.36 bits per heavy atom. The van der Waals surface area contributed by atoms with Gasteiger partial charge < -0.3 is 5.32 Å². The molecule has 6 heteroatoms. The summed E-state index contributed by atoms with van der Waals surface area (Å²) >= 11 is 0. The topological polar surface area (TPSA) is 72.2 Å². The highest BCUT2D eigenvalue weighted by Crippen LogP contribution is 2.24. The first kappa shape index (κ1) is 10.1. The van der Waals surface area contributed by atoms with Crippen molar-refractivity contribution in [2.75, 3.05) is 5.32 Å². The summed E-state index contributed by atoms with van der Waals surface area (Å²) in [4.78, 5) is 20.3. The number of nitro benzene ring substituents is 1. The summed E-state index contributed by atoms with van der Waals surface area (Å²) in [7, 11) is 0. The minimum atomic E-state index is -0.764. The number of hydrogen-bond acceptors (Lipinski definition) is 3. The monoisotopic (exact) mass is 197 g/mol. The summed E-state index contributed by atoms with van der Waals surface area (Å²) in [5, 5.41) is 12.6. The number of nitrogens with one attached hydrogen (secondary N) is 1. The van der Waals surface area contributed by atoms with Crippen LogP contribution in [0.3, 0.4) is 0 Å². The van der Waals surface area contributed by atoms with E-state index in [0.29, 0.717) is 0 Å². The highest BCUT2D eigenvalue weighted by atomic mass is 19.1. The lowest BCUT2D eigenvalue weighted by Crippen LogP contribution is -2.08. The normalized spacial score (nSPS) is 9.57. The van der Waals surface area contributed by atoms with E-state index in [2.05, 4.69) is 5.32 Å². The van der Waals surface area contributed by atoms with Gasteiger partial charge in [-0.3, -0.25) is 14.9 Å². The molecule has 73 valence electrons. The van der Waals surface area contributed by atoms with Gasteiger partial charge in [-0.2, -0.15) is 0 Å². The van der Waals surface area contributed by atoms with Gasteiger partial charge in [-0.1, -0.05) is 0 Å². The lowest BCUT2D eigenvalue weighted by molar-refractivity contribution is -0.384. The molecule has 0 spiro atoms. The maximum absolute atomic E-state index is 12.6. The Bertz CT molecular complexity index is 392. The second kappa shape index (κ2) is 3.82.